The molecule has 1 fully saturated rings. The Balaban J connectivity index is 1.43. The summed E-state index contributed by atoms with van der Waals surface area (Å²) < 4.78 is 6.12. The van der Waals surface area contributed by atoms with Crippen molar-refractivity contribution in [1.29, 1.82) is 0 Å². The van der Waals surface area contributed by atoms with Gasteiger partial charge >= 0.3 is 0 Å². The lowest BCUT2D eigenvalue weighted by Crippen LogP contribution is -2.34. The fourth-order valence-corrected chi connectivity index (χ4v) is 3.63. The van der Waals surface area contributed by atoms with Gasteiger partial charge in [-0.05, 0) is 74.3 Å². The molecule has 0 spiro atoms. The van der Waals surface area contributed by atoms with Crippen LogP contribution in [0.15, 0.2) is 67.0 Å². The van der Waals surface area contributed by atoms with Crippen molar-refractivity contribution >= 4 is 17.8 Å². The first kappa shape index (κ1) is 19.1. The van der Waals surface area contributed by atoms with Gasteiger partial charge in [0.15, 0.2) is 0 Å². The van der Waals surface area contributed by atoms with Crippen molar-refractivity contribution < 1.29 is 9.53 Å². The monoisotopic (exact) mass is 388 g/mol. The van der Waals surface area contributed by atoms with E-state index in [1.54, 1.807) is 12.4 Å². The van der Waals surface area contributed by atoms with Gasteiger partial charge in [0.05, 0.1) is 6.54 Å². The third-order valence-corrected chi connectivity index (χ3v) is 5.17. The molecular weight excluding hydrogens is 364 g/mol. The lowest BCUT2D eigenvalue weighted by Gasteiger charge is -2.31. The van der Waals surface area contributed by atoms with Gasteiger partial charge in [-0.3, -0.25) is 4.90 Å². The largest absolute Gasteiger partial charge is 0.439 e. The van der Waals surface area contributed by atoms with E-state index < -0.39 is 0 Å². The number of aromatic nitrogens is 2. The van der Waals surface area contributed by atoms with Gasteiger partial charge in [-0.25, -0.2) is 9.97 Å². The first-order valence-electron chi connectivity index (χ1n) is 9.89. The van der Waals surface area contributed by atoms with Crippen molar-refractivity contribution in [2.24, 2.45) is 0 Å². The highest BCUT2D eigenvalue weighted by atomic mass is 16.5. The number of aldehydes is 1. The number of carbonyl (C=O) groups is 1. The van der Waals surface area contributed by atoms with Crippen LogP contribution in [0.2, 0.25) is 0 Å². The summed E-state index contributed by atoms with van der Waals surface area (Å²) in [6.07, 6.45) is 6.50. The zero-order valence-corrected chi connectivity index (χ0v) is 16.2. The van der Waals surface area contributed by atoms with Crippen LogP contribution in [0, 0.1) is 0 Å². The highest BCUT2D eigenvalue weighted by Gasteiger charge is 2.23. The third-order valence-electron chi connectivity index (χ3n) is 5.17. The van der Waals surface area contributed by atoms with E-state index in [1.807, 2.05) is 48.5 Å². The van der Waals surface area contributed by atoms with Crippen LogP contribution in [0.3, 0.4) is 0 Å². The van der Waals surface area contributed by atoms with Crippen LogP contribution in [0.5, 0.6) is 11.6 Å². The molecular formula is C23H24N4O2. The molecule has 1 aliphatic heterocycles. The Kier molecular flexibility index (Phi) is 6.12. The summed E-state index contributed by atoms with van der Waals surface area (Å²) in [6.45, 7) is 2.36. The summed E-state index contributed by atoms with van der Waals surface area (Å²) in [5.41, 5.74) is 2.08. The Bertz CT molecular complexity index is 923. The van der Waals surface area contributed by atoms with Gasteiger partial charge in [0.25, 0.3) is 0 Å². The number of hydrogen-bond acceptors (Lipinski definition) is 6. The molecule has 1 N–H and O–H groups in total. The van der Waals surface area contributed by atoms with E-state index in [-0.39, 0.29) is 0 Å². The molecule has 0 atom stereocenters. The van der Waals surface area contributed by atoms with Crippen molar-refractivity contribution in [2.45, 2.75) is 18.8 Å². The molecule has 6 heteroatoms. The van der Waals surface area contributed by atoms with Crippen molar-refractivity contribution in [3.63, 3.8) is 0 Å². The number of nitrogens with zero attached hydrogens (tertiary/aromatic N) is 3. The number of benzene rings is 1. The minimum Gasteiger partial charge on any atom is -0.439 e. The average molecular weight is 388 g/mol. The number of carbonyl (C=O) groups excluding carboxylic acids is 1. The number of nitrogens with one attached hydrogen (secondary N) is 1. The topological polar surface area (TPSA) is 67.4 Å². The van der Waals surface area contributed by atoms with Crippen molar-refractivity contribution in [3.8, 4) is 11.6 Å². The Morgan fingerprint density at radius 3 is 2.52 bits per heavy atom. The molecule has 3 aromatic rings. The predicted octanol–water partition coefficient (Wildman–Crippen LogP) is 4.39. The quantitative estimate of drug-likeness (QED) is 0.606. The summed E-state index contributed by atoms with van der Waals surface area (Å²) in [5, 5.41) is 3.26. The number of piperidine rings is 1. The Morgan fingerprint density at radius 1 is 1.00 bits per heavy atom. The summed E-state index contributed by atoms with van der Waals surface area (Å²) >= 11 is 0. The van der Waals surface area contributed by atoms with Crippen LogP contribution < -0.4 is 10.1 Å². The fraction of sp³-hybridized carbons (Fsp3) is 0.261. The van der Waals surface area contributed by atoms with E-state index >= 15 is 0 Å². The maximum atomic E-state index is 10.7. The first-order valence-corrected chi connectivity index (χ1v) is 9.89. The van der Waals surface area contributed by atoms with E-state index in [0.717, 1.165) is 55.0 Å². The molecule has 1 aliphatic rings. The Morgan fingerprint density at radius 2 is 1.79 bits per heavy atom. The standard InChI is InChI=1S/C23H24N4O2/c28-17-16-27-14-10-18(11-15-27)21-4-3-13-25-23(21)29-20-8-6-19(7-9-20)26-22-5-1-2-12-24-22/h1-9,12-13,17-18H,10-11,14-16H2,(H,24,26). The zero-order chi connectivity index (χ0) is 19.9. The van der Waals surface area contributed by atoms with Gasteiger partial charge in [-0.2, -0.15) is 0 Å². The van der Waals surface area contributed by atoms with Crippen LogP contribution in [0.25, 0.3) is 0 Å². The highest BCUT2D eigenvalue weighted by Crippen LogP contribution is 2.35. The summed E-state index contributed by atoms with van der Waals surface area (Å²) in [4.78, 5) is 21.7. The van der Waals surface area contributed by atoms with Crippen LogP contribution in [-0.4, -0.2) is 40.8 Å². The predicted molar refractivity (Wildman–Crippen MR) is 113 cm³/mol. The number of rotatable bonds is 7. The van der Waals surface area contributed by atoms with Crippen molar-refractivity contribution in [3.05, 3.63) is 72.6 Å². The van der Waals surface area contributed by atoms with E-state index in [9.17, 15) is 4.79 Å². The minimum absolute atomic E-state index is 0.395. The molecule has 0 amide bonds. The first-order chi connectivity index (χ1) is 14.3. The maximum absolute atomic E-state index is 10.7. The lowest BCUT2D eigenvalue weighted by atomic mass is 9.90. The maximum Gasteiger partial charge on any atom is 0.222 e. The molecule has 0 bridgehead atoms. The fourth-order valence-electron chi connectivity index (χ4n) is 3.63. The van der Waals surface area contributed by atoms with Crippen molar-refractivity contribution in [2.75, 3.05) is 25.0 Å². The van der Waals surface area contributed by atoms with E-state index in [1.165, 1.54) is 0 Å². The number of likely N-dealkylation sites (tertiary alicyclic amines) is 1. The second kappa shape index (κ2) is 9.30. The lowest BCUT2D eigenvalue weighted by molar-refractivity contribution is -0.109. The van der Waals surface area contributed by atoms with Crippen LogP contribution in [0.4, 0.5) is 11.5 Å². The minimum atomic E-state index is 0.395. The third kappa shape index (κ3) is 4.97. The second-order valence-corrected chi connectivity index (χ2v) is 7.11. The van der Waals surface area contributed by atoms with Gasteiger partial charge in [-0.1, -0.05) is 12.1 Å². The normalized spacial score (nSPS) is 15.0. The molecule has 6 nitrogen and oxygen atoms in total. The molecule has 0 radical (unpaired) electrons. The van der Waals surface area contributed by atoms with Crippen LogP contribution in [0.1, 0.15) is 24.3 Å². The molecule has 29 heavy (non-hydrogen) atoms. The molecule has 1 saturated heterocycles. The molecule has 148 valence electrons. The molecule has 3 heterocycles. The van der Waals surface area contributed by atoms with Gasteiger partial charge in [0.2, 0.25) is 5.88 Å². The van der Waals surface area contributed by atoms with E-state index in [4.69, 9.17) is 4.74 Å². The van der Waals surface area contributed by atoms with E-state index in [2.05, 4.69) is 26.3 Å². The summed E-state index contributed by atoms with van der Waals surface area (Å²) in [5.74, 6) is 2.60. The number of ether oxygens (including phenoxy) is 1. The number of anilines is 2. The van der Waals surface area contributed by atoms with Gasteiger partial charge in [0.1, 0.15) is 17.9 Å². The Labute approximate surface area is 170 Å². The average Bonchev–Trinajstić information content (AvgIpc) is 2.77. The molecule has 2 aromatic heterocycles. The van der Waals surface area contributed by atoms with Gasteiger partial charge in [-0.15, -0.1) is 0 Å². The summed E-state index contributed by atoms with van der Waals surface area (Å²) in [7, 11) is 0. The Hall–Kier alpha value is -3.25. The van der Waals surface area contributed by atoms with Gasteiger partial charge in [0, 0.05) is 23.6 Å². The van der Waals surface area contributed by atoms with E-state index in [0.29, 0.717) is 18.3 Å². The molecule has 0 saturated carbocycles. The number of pyridine rings is 2. The highest BCUT2D eigenvalue weighted by molar-refractivity contribution is 5.57. The van der Waals surface area contributed by atoms with Gasteiger partial charge < -0.3 is 14.8 Å². The molecule has 1 aromatic carbocycles. The smallest absolute Gasteiger partial charge is 0.222 e. The molecule has 4 rings (SSSR count). The van der Waals surface area contributed by atoms with Crippen LogP contribution in [-0.2, 0) is 4.79 Å². The summed E-state index contributed by atoms with van der Waals surface area (Å²) in [6, 6.07) is 17.6. The SMILES string of the molecule is O=CCN1CCC(c2cccnc2Oc2ccc(Nc3ccccn3)cc2)CC1. The molecule has 0 unspecified atom stereocenters. The molecule has 0 aliphatic carbocycles. The zero-order valence-electron chi connectivity index (χ0n) is 16.2. The van der Waals surface area contributed by atoms with Crippen LogP contribution >= 0.6 is 0 Å². The second-order valence-electron chi connectivity index (χ2n) is 7.11. The number of hydrogen-bond donors (Lipinski definition) is 1. The van der Waals surface area contributed by atoms with Crippen molar-refractivity contribution in [1.82, 2.24) is 14.9 Å².